The summed E-state index contributed by atoms with van der Waals surface area (Å²) in [7, 11) is 1.92. The van der Waals surface area contributed by atoms with E-state index in [1.54, 1.807) is 0 Å². The summed E-state index contributed by atoms with van der Waals surface area (Å²) < 4.78 is 17.7. The fraction of sp³-hybridized carbons (Fsp3) is 0.958. The van der Waals surface area contributed by atoms with E-state index in [1.807, 2.05) is 7.05 Å². The van der Waals surface area contributed by atoms with Crippen molar-refractivity contribution in [2.24, 2.45) is 4.99 Å². The summed E-state index contributed by atoms with van der Waals surface area (Å²) >= 11 is 0. The van der Waals surface area contributed by atoms with Gasteiger partial charge in [0.05, 0.1) is 32.0 Å². The van der Waals surface area contributed by atoms with Crippen LogP contribution in [0.4, 0.5) is 0 Å². The molecule has 0 bridgehead atoms. The number of morpholine rings is 1. The molecule has 1 atom stereocenters. The van der Waals surface area contributed by atoms with Gasteiger partial charge in [0.2, 0.25) is 0 Å². The third-order valence-corrected chi connectivity index (χ3v) is 7.79. The number of aliphatic imine (C=N–C) groups is 1. The van der Waals surface area contributed by atoms with Crippen molar-refractivity contribution in [3.05, 3.63) is 0 Å². The number of ether oxygens (including phenoxy) is 3. The van der Waals surface area contributed by atoms with Gasteiger partial charge < -0.3 is 24.4 Å². The van der Waals surface area contributed by atoms with Crippen molar-refractivity contribution in [2.75, 3.05) is 66.2 Å². The van der Waals surface area contributed by atoms with Gasteiger partial charge in [0.25, 0.3) is 0 Å². The fourth-order valence-electron chi connectivity index (χ4n) is 5.84. The normalized spacial score (nSPS) is 28.2. The Bertz CT molecular complexity index is 553. The van der Waals surface area contributed by atoms with Crippen LogP contribution < -0.4 is 5.32 Å². The number of likely N-dealkylation sites (tertiary alicyclic amines) is 1. The summed E-state index contributed by atoms with van der Waals surface area (Å²) in [5.41, 5.74) is 0.263. The molecule has 1 unspecified atom stereocenters. The van der Waals surface area contributed by atoms with Crippen molar-refractivity contribution in [3.63, 3.8) is 0 Å². The van der Waals surface area contributed by atoms with Crippen molar-refractivity contribution in [2.45, 2.75) is 82.0 Å². The third kappa shape index (κ3) is 7.17. The molecule has 0 aromatic heterocycles. The summed E-state index contributed by atoms with van der Waals surface area (Å²) in [6.45, 7) is 8.56. The lowest BCUT2D eigenvalue weighted by Crippen LogP contribution is -2.61. The molecule has 1 N–H and O–H groups in total. The summed E-state index contributed by atoms with van der Waals surface area (Å²) in [4.78, 5) is 9.77. The molecule has 4 aliphatic rings. The van der Waals surface area contributed by atoms with Crippen LogP contribution in [-0.4, -0.2) is 99.7 Å². The van der Waals surface area contributed by atoms with E-state index in [0.717, 1.165) is 84.4 Å². The number of halogens is 1. The van der Waals surface area contributed by atoms with E-state index in [-0.39, 0.29) is 29.5 Å². The van der Waals surface area contributed by atoms with Gasteiger partial charge in [-0.05, 0) is 44.9 Å². The van der Waals surface area contributed by atoms with Gasteiger partial charge >= 0.3 is 0 Å². The quantitative estimate of drug-likeness (QED) is 0.304. The highest BCUT2D eigenvalue weighted by molar-refractivity contribution is 14.0. The monoisotopic (exact) mass is 564 g/mol. The number of nitrogens with zero attached hydrogens (tertiary/aromatic N) is 3. The van der Waals surface area contributed by atoms with Gasteiger partial charge in [-0.2, -0.15) is 0 Å². The molecule has 8 heteroatoms. The first-order chi connectivity index (χ1) is 15.3. The molecule has 0 amide bonds. The van der Waals surface area contributed by atoms with Gasteiger partial charge in [0.1, 0.15) is 0 Å². The van der Waals surface area contributed by atoms with Crippen LogP contribution in [0.25, 0.3) is 0 Å². The van der Waals surface area contributed by atoms with Crippen LogP contribution in [0.1, 0.15) is 64.2 Å². The van der Waals surface area contributed by atoms with Crippen LogP contribution in [0.2, 0.25) is 0 Å². The van der Waals surface area contributed by atoms with Gasteiger partial charge in [0, 0.05) is 51.9 Å². The molecule has 1 aliphatic carbocycles. The highest BCUT2D eigenvalue weighted by Gasteiger charge is 2.39. The second kappa shape index (κ2) is 13.7. The Hall–Kier alpha value is -0.160. The van der Waals surface area contributed by atoms with Crippen LogP contribution in [0, 0.1) is 0 Å². The molecular formula is C24H45IN4O3. The Morgan fingerprint density at radius 1 is 0.969 bits per heavy atom. The number of piperidine rings is 1. The molecule has 186 valence electrons. The second-order valence-electron chi connectivity index (χ2n) is 9.79. The minimum atomic E-state index is 0. The first-order valence-corrected chi connectivity index (χ1v) is 12.8. The lowest BCUT2D eigenvalue weighted by molar-refractivity contribution is -0.0722. The SMILES string of the molecule is CN=C(NCC1(N2CCOCC2)CCCCC1)N1CCC(OCC2CCCCO2)CC1.I. The van der Waals surface area contributed by atoms with Crippen molar-refractivity contribution in [1.82, 2.24) is 15.1 Å². The topological polar surface area (TPSA) is 58.6 Å². The number of hydrogen-bond acceptors (Lipinski definition) is 5. The zero-order valence-corrected chi connectivity index (χ0v) is 22.4. The molecule has 0 spiro atoms. The molecule has 4 fully saturated rings. The van der Waals surface area contributed by atoms with Gasteiger partial charge in [-0.25, -0.2) is 0 Å². The molecule has 32 heavy (non-hydrogen) atoms. The average molecular weight is 565 g/mol. The van der Waals surface area contributed by atoms with Crippen LogP contribution in [-0.2, 0) is 14.2 Å². The van der Waals surface area contributed by atoms with Crippen LogP contribution >= 0.6 is 24.0 Å². The maximum atomic E-state index is 6.20. The number of rotatable bonds is 6. The molecule has 4 rings (SSSR count). The Labute approximate surface area is 212 Å². The maximum absolute atomic E-state index is 6.20. The lowest BCUT2D eigenvalue weighted by atomic mass is 9.79. The highest BCUT2D eigenvalue weighted by atomic mass is 127. The smallest absolute Gasteiger partial charge is 0.193 e. The summed E-state index contributed by atoms with van der Waals surface area (Å²) in [5, 5.41) is 3.78. The van der Waals surface area contributed by atoms with Crippen LogP contribution in [0.15, 0.2) is 4.99 Å². The molecule has 3 saturated heterocycles. The Balaban J connectivity index is 0.00000289. The first-order valence-electron chi connectivity index (χ1n) is 12.8. The van der Waals surface area contributed by atoms with Crippen LogP contribution in [0.3, 0.4) is 0 Å². The van der Waals surface area contributed by atoms with Crippen molar-refractivity contribution >= 4 is 29.9 Å². The Kier molecular flexibility index (Phi) is 11.3. The maximum Gasteiger partial charge on any atom is 0.193 e. The predicted octanol–water partition coefficient (Wildman–Crippen LogP) is 3.27. The molecule has 0 aromatic rings. The van der Waals surface area contributed by atoms with Gasteiger partial charge in [-0.1, -0.05) is 19.3 Å². The molecule has 1 saturated carbocycles. The Morgan fingerprint density at radius 3 is 2.38 bits per heavy atom. The third-order valence-electron chi connectivity index (χ3n) is 7.79. The van der Waals surface area contributed by atoms with Gasteiger partial charge in [0.15, 0.2) is 5.96 Å². The van der Waals surface area contributed by atoms with E-state index in [1.165, 1.54) is 44.9 Å². The molecular weight excluding hydrogens is 519 g/mol. The van der Waals surface area contributed by atoms with Gasteiger partial charge in [-0.3, -0.25) is 9.89 Å². The van der Waals surface area contributed by atoms with E-state index in [0.29, 0.717) is 12.2 Å². The van der Waals surface area contributed by atoms with Crippen LogP contribution in [0.5, 0.6) is 0 Å². The van der Waals surface area contributed by atoms with E-state index in [9.17, 15) is 0 Å². The molecule has 7 nitrogen and oxygen atoms in total. The van der Waals surface area contributed by atoms with Crippen molar-refractivity contribution < 1.29 is 14.2 Å². The highest BCUT2D eigenvalue weighted by Crippen LogP contribution is 2.34. The number of nitrogens with one attached hydrogen (secondary N) is 1. The number of guanidine groups is 1. The van der Waals surface area contributed by atoms with Crippen molar-refractivity contribution in [1.29, 1.82) is 0 Å². The molecule has 0 aromatic carbocycles. The standard InChI is InChI=1S/C24H44N4O3.HI/c1-25-23(26-20-24(10-4-2-5-11-24)28-14-17-29-18-15-28)27-12-8-21(9-13-27)31-19-22-7-3-6-16-30-22;/h21-22H,2-20H2,1H3,(H,25,26);1H. The van der Waals surface area contributed by atoms with Gasteiger partial charge in [-0.15, -0.1) is 24.0 Å². The molecule has 0 radical (unpaired) electrons. The second-order valence-corrected chi connectivity index (χ2v) is 9.79. The minimum absolute atomic E-state index is 0. The average Bonchev–Trinajstić information content (AvgIpc) is 2.85. The van der Waals surface area contributed by atoms with E-state index >= 15 is 0 Å². The molecule has 3 aliphatic heterocycles. The minimum Gasteiger partial charge on any atom is -0.379 e. The van der Waals surface area contributed by atoms with Crippen molar-refractivity contribution in [3.8, 4) is 0 Å². The predicted molar refractivity (Wildman–Crippen MR) is 139 cm³/mol. The Morgan fingerprint density at radius 2 is 1.72 bits per heavy atom. The summed E-state index contributed by atoms with van der Waals surface area (Å²) in [5.74, 6) is 1.06. The van der Waals surface area contributed by atoms with E-state index in [2.05, 4.69) is 20.1 Å². The zero-order chi connectivity index (χ0) is 21.4. The van der Waals surface area contributed by atoms with E-state index in [4.69, 9.17) is 14.2 Å². The lowest BCUT2D eigenvalue weighted by Gasteiger charge is -2.48. The summed E-state index contributed by atoms with van der Waals surface area (Å²) in [6.07, 6.45) is 13.1. The number of hydrogen-bond donors (Lipinski definition) is 1. The zero-order valence-electron chi connectivity index (χ0n) is 20.1. The van der Waals surface area contributed by atoms with E-state index < -0.39 is 0 Å². The first kappa shape index (κ1) is 26.4. The fourth-order valence-corrected chi connectivity index (χ4v) is 5.84. The summed E-state index contributed by atoms with van der Waals surface area (Å²) in [6, 6.07) is 0. The largest absolute Gasteiger partial charge is 0.379 e. The molecule has 3 heterocycles.